The van der Waals surface area contributed by atoms with Gasteiger partial charge < -0.3 is 74.4 Å². The number of Topliss-reactive ketones (excluding diaryl/α,β-unsaturated/α-hetero) is 2. The topological polar surface area (TPSA) is 421 Å². The maximum atomic E-state index is 14.8. The van der Waals surface area contributed by atoms with E-state index in [4.69, 9.17) is 5.73 Å². The molecule has 1 fully saturated rings. The van der Waals surface area contributed by atoms with Gasteiger partial charge in [0.05, 0.1) is 30.2 Å². The van der Waals surface area contributed by atoms with Gasteiger partial charge in [-0.25, -0.2) is 0 Å². The third kappa shape index (κ3) is 36.7. The molecule has 1 aromatic rings. The minimum Gasteiger partial charge on any atom is -0.393 e. The van der Waals surface area contributed by atoms with Gasteiger partial charge in [0.1, 0.15) is 42.3 Å². The highest BCUT2D eigenvalue weighted by Gasteiger charge is 2.38. The van der Waals surface area contributed by atoms with Crippen LogP contribution in [0.3, 0.4) is 0 Å². The molecule has 1 saturated heterocycles. The average molecular weight is 1450 g/mol. The Balaban J connectivity index is 2.58. The lowest BCUT2D eigenvalue weighted by Crippen LogP contribution is -2.61. The van der Waals surface area contributed by atoms with Gasteiger partial charge in [-0.15, -0.1) is 0 Å². The first-order valence-electron chi connectivity index (χ1n) is 38.6. The lowest BCUT2D eigenvalue weighted by Gasteiger charge is -2.29. The van der Waals surface area contributed by atoms with Crippen LogP contribution in [0.5, 0.6) is 0 Å². The number of carbonyl (C=O) groups excluding carboxylic acids is 13. The van der Waals surface area contributed by atoms with Gasteiger partial charge in [0.2, 0.25) is 65.0 Å². The summed E-state index contributed by atoms with van der Waals surface area (Å²) in [5.74, 6) is -11.1. The number of carbonyl (C=O) groups is 13. The van der Waals surface area contributed by atoms with Gasteiger partial charge in [-0.2, -0.15) is 0 Å². The maximum absolute atomic E-state index is 14.8. The van der Waals surface area contributed by atoms with E-state index in [1.165, 1.54) is 13.8 Å². The number of rotatable bonds is 43. The SMILES string of the molecule is CCCCCCCC[C@H](NC(=O)CCCCCNC(=O)CCCCCN)C(=O)N[C@@H](CCC)C(=O)N[C@H](C(=O)N[C@@H](CCC)C(=O)N[C@H]1CCNC(=O)[C@H]([C@@H](C)O)CC(=O)[C@H](CCC)NC(=O)[C@H](CCC)NC(=O)[C@H](CC(C)C)NC(=O)[C@@H](Cc2ccccc2)CC(=O)[C@H](CCC)NC1=O)[C@@H](C)O. The van der Waals surface area contributed by atoms with Crippen molar-refractivity contribution in [3.8, 4) is 0 Å². The Morgan fingerprint density at radius 3 is 1.61 bits per heavy atom. The molecule has 15 N–H and O–H groups in total. The van der Waals surface area contributed by atoms with Gasteiger partial charge in [0.15, 0.2) is 11.6 Å². The van der Waals surface area contributed by atoms with E-state index in [2.05, 4.69) is 65.4 Å². The van der Waals surface area contributed by atoms with Crippen molar-refractivity contribution in [2.75, 3.05) is 19.6 Å². The Morgan fingerprint density at radius 2 is 1.02 bits per heavy atom. The third-order valence-electron chi connectivity index (χ3n) is 18.5. The van der Waals surface area contributed by atoms with Crippen molar-refractivity contribution in [3.63, 3.8) is 0 Å². The number of aliphatic hydroxyl groups excluding tert-OH is 2. The second kappa shape index (κ2) is 52.5. The largest absolute Gasteiger partial charge is 0.393 e. The van der Waals surface area contributed by atoms with Crippen molar-refractivity contribution in [2.45, 2.75) is 328 Å². The quantitative estimate of drug-likeness (QED) is 0.0382. The van der Waals surface area contributed by atoms with Gasteiger partial charge in [-0.3, -0.25) is 62.3 Å². The Hall–Kier alpha value is -7.39. The van der Waals surface area contributed by atoms with E-state index in [-0.39, 0.29) is 88.5 Å². The Bertz CT molecular complexity index is 2770. The fourth-order valence-electron chi connectivity index (χ4n) is 12.4. The van der Waals surface area contributed by atoms with E-state index in [1.807, 2.05) is 20.8 Å². The fourth-order valence-corrected chi connectivity index (χ4v) is 12.4. The van der Waals surface area contributed by atoms with Crippen molar-refractivity contribution < 1.29 is 72.5 Å². The van der Waals surface area contributed by atoms with E-state index in [1.54, 1.807) is 58.0 Å². The first-order valence-corrected chi connectivity index (χ1v) is 38.6. The van der Waals surface area contributed by atoms with Gasteiger partial charge in [-0.1, -0.05) is 169 Å². The van der Waals surface area contributed by atoms with E-state index >= 15 is 0 Å². The molecule has 0 bridgehead atoms. The summed E-state index contributed by atoms with van der Waals surface area (Å²) in [5, 5.41) is 52.5. The minimum atomic E-state index is -1.70. The third-order valence-corrected chi connectivity index (χ3v) is 18.5. The molecule has 27 heteroatoms. The number of hydrogen-bond acceptors (Lipinski definition) is 16. The van der Waals surface area contributed by atoms with Crippen LogP contribution in [0.25, 0.3) is 0 Å². The van der Waals surface area contributed by atoms with Gasteiger partial charge >= 0.3 is 0 Å². The smallest absolute Gasteiger partial charge is 0.245 e. The normalized spacial score (nSPS) is 21.0. The molecule has 1 aromatic carbocycles. The predicted molar refractivity (Wildman–Crippen MR) is 396 cm³/mol. The van der Waals surface area contributed by atoms with Crippen molar-refractivity contribution >= 4 is 76.5 Å². The zero-order valence-electron chi connectivity index (χ0n) is 63.6. The molecular formula is C76H130N12O15. The Kier molecular flexibility index (Phi) is 46.8. The summed E-state index contributed by atoms with van der Waals surface area (Å²) in [5.41, 5.74) is 6.25. The van der Waals surface area contributed by atoms with Crippen molar-refractivity contribution in [3.05, 3.63) is 35.9 Å². The van der Waals surface area contributed by atoms with Crippen LogP contribution < -0.4 is 64.2 Å². The molecule has 11 amide bonds. The summed E-state index contributed by atoms with van der Waals surface area (Å²) in [6.45, 7) is 18.0. The highest BCUT2D eigenvalue weighted by molar-refractivity contribution is 5.99. The summed E-state index contributed by atoms with van der Waals surface area (Å²) < 4.78 is 0. The molecule has 584 valence electrons. The first kappa shape index (κ1) is 91.7. The van der Waals surface area contributed by atoms with E-state index in [0.717, 1.165) is 51.4 Å². The second-order valence-corrected chi connectivity index (χ2v) is 28.3. The van der Waals surface area contributed by atoms with Crippen molar-refractivity contribution in [2.24, 2.45) is 23.5 Å². The number of ketones is 2. The van der Waals surface area contributed by atoms with Crippen LogP contribution in [-0.2, 0) is 68.7 Å². The average Bonchev–Trinajstić information content (AvgIpc) is 1.11. The lowest BCUT2D eigenvalue weighted by atomic mass is 9.89. The fraction of sp³-hybridized carbons (Fsp3) is 0.750. The summed E-state index contributed by atoms with van der Waals surface area (Å²) in [7, 11) is 0. The summed E-state index contributed by atoms with van der Waals surface area (Å²) in [4.78, 5) is 184. The number of aliphatic hydroxyl groups is 2. The zero-order valence-corrected chi connectivity index (χ0v) is 63.6. The van der Waals surface area contributed by atoms with Crippen LogP contribution in [0.4, 0.5) is 0 Å². The summed E-state index contributed by atoms with van der Waals surface area (Å²) in [6, 6.07) is -2.69. The molecule has 0 aromatic heterocycles. The van der Waals surface area contributed by atoms with Crippen LogP contribution in [0, 0.1) is 17.8 Å². The van der Waals surface area contributed by atoms with Crippen LogP contribution in [0.2, 0.25) is 0 Å². The molecule has 27 nitrogen and oxygen atoms in total. The van der Waals surface area contributed by atoms with Crippen molar-refractivity contribution in [1.82, 2.24) is 58.5 Å². The Labute approximate surface area is 612 Å². The molecule has 0 spiro atoms. The lowest BCUT2D eigenvalue weighted by molar-refractivity contribution is -0.137. The standard InChI is InChI=1S/C76H130N12O15/c1-11-17-18-19-20-26-38-60(80-66(94)40-28-23-30-43-78-65(93)39-27-22-29-42-77)72(99)83-59(35-16-6)74(101)88-67(51(10)90)76(103)86-58(34-15-5)71(98)85-61-41-44-79-69(96)54(50(9)89)48-64(92)56(32-13-3)82-70(97)57(33-14-4)84-75(102)62(45-49(7)8)87-68(95)53(46-52-36-24-21-25-37-52)47-63(91)55(31-12-2)81-73(61)100/h21,24-25,36-37,49-51,53-62,67,89-90H,11-20,22-23,26-35,38-48,77H2,1-10H3,(H,78,93)(H,79,96)(H,80,94)(H,81,100)(H,82,97)(H,83,99)(H,84,102)(H,85,98)(H,86,103)(H,87,95)(H,88,101)/t50-,51-,53+,54+,55+,56+,57+,58+,59+,60+,61+,62+,67+/m1/s1. The van der Waals surface area contributed by atoms with E-state index in [0.29, 0.717) is 82.9 Å². The Morgan fingerprint density at radius 1 is 0.505 bits per heavy atom. The molecule has 2 rings (SSSR count). The number of nitrogens with one attached hydrogen (secondary N) is 11. The van der Waals surface area contributed by atoms with Crippen LogP contribution in [-0.4, -0.2) is 173 Å². The first-order chi connectivity index (χ1) is 49.2. The van der Waals surface area contributed by atoms with Gasteiger partial charge in [0.25, 0.3) is 0 Å². The molecule has 1 heterocycles. The van der Waals surface area contributed by atoms with Crippen LogP contribution in [0.15, 0.2) is 30.3 Å². The van der Waals surface area contributed by atoms with Gasteiger partial charge in [-0.05, 0) is 115 Å². The molecular weight excluding hydrogens is 1320 g/mol. The van der Waals surface area contributed by atoms with E-state index in [9.17, 15) is 72.5 Å². The van der Waals surface area contributed by atoms with Gasteiger partial charge in [0, 0.05) is 44.7 Å². The highest BCUT2D eigenvalue weighted by atomic mass is 16.3. The molecule has 0 unspecified atom stereocenters. The van der Waals surface area contributed by atoms with Crippen molar-refractivity contribution in [1.29, 1.82) is 0 Å². The second-order valence-electron chi connectivity index (χ2n) is 28.3. The summed E-state index contributed by atoms with van der Waals surface area (Å²) in [6.07, 6.45) is 8.97. The molecule has 0 aliphatic carbocycles. The highest BCUT2D eigenvalue weighted by Crippen LogP contribution is 2.20. The number of unbranched alkanes of at least 4 members (excludes halogenated alkanes) is 9. The predicted octanol–water partition coefficient (Wildman–Crippen LogP) is 5.02. The van der Waals surface area contributed by atoms with E-state index < -0.39 is 156 Å². The molecule has 1 aliphatic rings. The number of benzene rings is 1. The molecule has 13 atom stereocenters. The monoisotopic (exact) mass is 1450 g/mol. The molecule has 1 aliphatic heterocycles. The number of nitrogens with two attached hydrogens (primary N) is 1. The summed E-state index contributed by atoms with van der Waals surface area (Å²) >= 11 is 0. The number of hydrogen-bond donors (Lipinski definition) is 14. The molecule has 0 radical (unpaired) electrons. The van der Waals surface area contributed by atoms with Crippen LogP contribution >= 0.6 is 0 Å². The minimum absolute atomic E-state index is 0.0298. The molecule has 103 heavy (non-hydrogen) atoms. The maximum Gasteiger partial charge on any atom is 0.245 e. The number of amides is 11. The van der Waals surface area contributed by atoms with Crippen LogP contribution in [0.1, 0.15) is 261 Å². The molecule has 0 saturated carbocycles. The zero-order chi connectivity index (χ0) is 76.8.